The number of ether oxygens (including phenoxy) is 3. The summed E-state index contributed by atoms with van der Waals surface area (Å²) in [7, 11) is 1.42. The first-order valence-electron chi connectivity index (χ1n) is 4.60. The first-order chi connectivity index (χ1) is 7.11. The van der Waals surface area contributed by atoms with Gasteiger partial charge in [0.05, 0.1) is 6.61 Å². The topological polar surface area (TPSA) is 82.1 Å². The molecule has 0 aromatic carbocycles. The van der Waals surface area contributed by atoms with Gasteiger partial charge >= 0.3 is 11.9 Å². The lowest BCUT2D eigenvalue weighted by molar-refractivity contribution is -0.166. The van der Waals surface area contributed by atoms with Crippen LogP contribution in [0.1, 0.15) is 19.8 Å². The summed E-state index contributed by atoms with van der Waals surface area (Å²) in [6.07, 6.45) is -0.939. The molecule has 0 aromatic rings. The van der Waals surface area contributed by atoms with Gasteiger partial charge in [-0.1, -0.05) is 0 Å². The zero-order chi connectivity index (χ0) is 11.7. The summed E-state index contributed by atoms with van der Waals surface area (Å²) in [6, 6.07) is 0. The standard InChI is InChI=1S/C9H16O6/c1-3-14-9(12)7(15-6-13-2)4-5-8(10)11/h7H,3-6H2,1-2H3,(H,10,11)/t7-/m1/s1. The van der Waals surface area contributed by atoms with Crippen LogP contribution in [0.2, 0.25) is 0 Å². The Bertz CT molecular complexity index is 203. The molecule has 0 amide bonds. The van der Waals surface area contributed by atoms with Crippen LogP contribution in [0.25, 0.3) is 0 Å². The van der Waals surface area contributed by atoms with Crippen LogP contribution in [-0.2, 0) is 23.8 Å². The molecule has 0 saturated heterocycles. The zero-order valence-electron chi connectivity index (χ0n) is 8.89. The van der Waals surface area contributed by atoms with Gasteiger partial charge in [-0.15, -0.1) is 0 Å². The first-order valence-corrected chi connectivity index (χ1v) is 4.60. The van der Waals surface area contributed by atoms with E-state index in [1.54, 1.807) is 6.92 Å². The van der Waals surface area contributed by atoms with Crippen molar-refractivity contribution in [1.82, 2.24) is 0 Å². The molecule has 0 fully saturated rings. The van der Waals surface area contributed by atoms with Gasteiger partial charge in [-0.2, -0.15) is 0 Å². The summed E-state index contributed by atoms with van der Waals surface area (Å²) < 4.78 is 14.3. The molecule has 0 rings (SSSR count). The van der Waals surface area contributed by atoms with Gasteiger partial charge in [-0.25, -0.2) is 4.79 Å². The van der Waals surface area contributed by atoms with Crippen molar-refractivity contribution in [2.75, 3.05) is 20.5 Å². The fraction of sp³-hybridized carbons (Fsp3) is 0.778. The molecule has 1 N–H and O–H groups in total. The number of rotatable bonds is 8. The van der Waals surface area contributed by atoms with Crippen LogP contribution >= 0.6 is 0 Å². The minimum Gasteiger partial charge on any atom is -0.481 e. The molecule has 6 heteroatoms. The van der Waals surface area contributed by atoms with E-state index in [1.165, 1.54) is 7.11 Å². The SMILES string of the molecule is CCOC(=O)[C@@H](CCC(=O)O)OCOC. The maximum Gasteiger partial charge on any atom is 0.335 e. The summed E-state index contributed by atoms with van der Waals surface area (Å²) in [4.78, 5) is 21.6. The molecule has 0 unspecified atom stereocenters. The van der Waals surface area contributed by atoms with E-state index in [4.69, 9.17) is 14.6 Å². The number of esters is 1. The van der Waals surface area contributed by atoms with Crippen LogP contribution in [-0.4, -0.2) is 43.7 Å². The molecule has 0 heterocycles. The predicted molar refractivity (Wildman–Crippen MR) is 50.3 cm³/mol. The molecular formula is C9H16O6. The van der Waals surface area contributed by atoms with Gasteiger partial charge in [-0.05, 0) is 13.3 Å². The highest BCUT2D eigenvalue weighted by molar-refractivity contribution is 5.76. The van der Waals surface area contributed by atoms with Crippen LogP contribution in [0.15, 0.2) is 0 Å². The average molecular weight is 220 g/mol. The van der Waals surface area contributed by atoms with Crippen LogP contribution in [0, 0.1) is 0 Å². The number of carbonyl (C=O) groups is 2. The van der Waals surface area contributed by atoms with E-state index in [2.05, 4.69) is 4.74 Å². The monoisotopic (exact) mass is 220 g/mol. The summed E-state index contributed by atoms with van der Waals surface area (Å²) >= 11 is 0. The molecule has 0 bridgehead atoms. The fourth-order valence-electron chi connectivity index (χ4n) is 0.909. The molecule has 0 spiro atoms. The van der Waals surface area contributed by atoms with Crippen molar-refractivity contribution in [3.8, 4) is 0 Å². The van der Waals surface area contributed by atoms with E-state index in [0.717, 1.165) is 0 Å². The van der Waals surface area contributed by atoms with Crippen molar-refractivity contribution in [3.05, 3.63) is 0 Å². The highest BCUT2D eigenvalue weighted by Gasteiger charge is 2.21. The molecule has 6 nitrogen and oxygen atoms in total. The second-order valence-corrected chi connectivity index (χ2v) is 2.75. The van der Waals surface area contributed by atoms with Crippen molar-refractivity contribution in [1.29, 1.82) is 0 Å². The minimum absolute atomic E-state index is 0.0664. The Kier molecular flexibility index (Phi) is 7.57. The molecule has 0 aromatic heterocycles. The fourth-order valence-corrected chi connectivity index (χ4v) is 0.909. The van der Waals surface area contributed by atoms with Gasteiger partial charge in [0.1, 0.15) is 6.79 Å². The lowest BCUT2D eigenvalue weighted by Gasteiger charge is -2.14. The van der Waals surface area contributed by atoms with Crippen molar-refractivity contribution >= 4 is 11.9 Å². The summed E-state index contributed by atoms with van der Waals surface area (Å²) in [5.74, 6) is -1.54. The lowest BCUT2D eigenvalue weighted by atomic mass is 10.2. The Morgan fingerprint density at radius 1 is 1.40 bits per heavy atom. The third-order valence-electron chi connectivity index (χ3n) is 1.56. The Hall–Kier alpha value is -1.14. The number of hydrogen-bond acceptors (Lipinski definition) is 5. The molecule has 0 aliphatic rings. The summed E-state index contributed by atoms with van der Waals surface area (Å²) in [5, 5.41) is 8.46. The number of carbonyl (C=O) groups excluding carboxylic acids is 1. The maximum atomic E-state index is 11.3. The van der Waals surface area contributed by atoms with Crippen molar-refractivity contribution in [2.24, 2.45) is 0 Å². The van der Waals surface area contributed by atoms with Gasteiger partial charge < -0.3 is 19.3 Å². The van der Waals surface area contributed by atoms with Crippen LogP contribution < -0.4 is 0 Å². The number of methoxy groups -OCH3 is 1. The zero-order valence-corrected chi connectivity index (χ0v) is 8.89. The second kappa shape index (κ2) is 8.19. The smallest absolute Gasteiger partial charge is 0.335 e. The van der Waals surface area contributed by atoms with Gasteiger partial charge in [-0.3, -0.25) is 4.79 Å². The summed E-state index contributed by atoms with van der Waals surface area (Å²) in [6.45, 7) is 1.84. The lowest BCUT2D eigenvalue weighted by Crippen LogP contribution is -2.28. The van der Waals surface area contributed by atoms with Gasteiger partial charge in [0.25, 0.3) is 0 Å². The molecular weight excluding hydrogens is 204 g/mol. The predicted octanol–water partition coefficient (Wildman–Crippen LogP) is 0.403. The number of carboxylic acid groups (broad SMARTS) is 1. The quantitative estimate of drug-likeness (QED) is 0.471. The van der Waals surface area contributed by atoms with Crippen LogP contribution in [0.3, 0.4) is 0 Å². The van der Waals surface area contributed by atoms with Gasteiger partial charge in [0, 0.05) is 13.5 Å². The molecule has 0 aliphatic carbocycles. The van der Waals surface area contributed by atoms with Crippen LogP contribution in [0.5, 0.6) is 0 Å². The van der Waals surface area contributed by atoms with Crippen molar-refractivity contribution in [3.63, 3.8) is 0 Å². The largest absolute Gasteiger partial charge is 0.481 e. The first kappa shape index (κ1) is 13.9. The number of hydrogen-bond donors (Lipinski definition) is 1. The van der Waals surface area contributed by atoms with Gasteiger partial charge in [0.15, 0.2) is 6.10 Å². The molecule has 1 atom stereocenters. The van der Waals surface area contributed by atoms with Gasteiger partial charge in [0.2, 0.25) is 0 Å². The van der Waals surface area contributed by atoms with Crippen LogP contribution in [0.4, 0.5) is 0 Å². The molecule has 0 radical (unpaired) electrons. The average Bonchev–Trinajstić information content (AvgIpc) is 2.17. The minimum atomic E-state index is -0.981. The van der Waals surface area contributed by atoms with Crippen molar-refractivity contribution < 1.29 is 28.9 Å². The van der Waals surface area contributed by atoms with Crippen molar-refractivity contribution in [2.45, 2.75) is 25.9 Å². The third-order valence-corrected chi connectivity index (χ3v) is 1.56. The Morgan fingerprint density at radius 3 is 2.53 bits per heavy atom. The van der Waals surface area contributed by atoms with E-state index in [9.17, 15) is 9.59 Å². The molecule has 88 valence electrons. The Morgan fingerprint density at radius 2 is 2.07 bits per heavy atom. The normalized spacial score (nSPS) is 12.1. The van der Waals surface area contributed by atoms with E-state index in [-0.39, 0.29) is 26.2 Å². The molecule has 15 heavy (non-hydrogen) atoms. The van der Waals surface area contributed by atoms with E-state index >= 15 is 0 Å². The van der Waals surface area contributed by atoms with E-state index in [0.29, 0.717) is 0 Å². The summed E-state index contributed by atoms with van der Waals surface area (Å²) in [5.41, 5.74) is 0. The molecule has 0 aliphatic heterocycles. The molecule has 0 saturated carbocycles. The highest BCUT2D eigenvalue weighted by Crippen LogP contribution is 2.05. The maximum absolute atomic E-state index is 11.3. The Labute approximate surface area is 88.1 Å². The number of aliphatic carboxylic acids is 1. The Balaban J connectivity index is 4.04. The van der Waals surface area contributed by atoms with E-state index in [1.807, 2.05) is 0 Å². The number of carboxylic acids is 1. The highest BCUT2D eigenvalue weighted by atomic mass is 16.7. The third kappa shape index (κ3) is 6.87. The van der Waals surface area contributed by atoms with E-state index < -0.39 is 18.0 Å². The second-order valence-electron chi connectivity index (χ2n) is 2.75.